The van der Waals surface area contributed by atoms with Crippen molar-refractivity contribution in [3.05, 3.63) is 35.9 Å². The standard InChI is InChI=1S/C15H23NO2/c16-11-7-2-1-6-10-15(17)13-18-12-14-8-4-3-5-9-14/h3-5,8-9H,1-2,6-7,10-13,16H2. The zero-order chi connectivity index (χ0) is 13.1. The molecule has 100 valence electrons. The van der Waals surface area contributed by atoms with Crippen LogP contribution in [0.25, 0.3) is 0 Å². The molecule has 0 atom stereocenters. The molecule has 1 aromatic rings. The van der Waals surface area contributed by atoms with Crippen molar-refractivity contribution in [2.24, 2.45) is 5.73 Å². The summed E-state index contributed by atoms with van der Waals surface area (Å²) in [7, 11) is 0. The lowest BCUT2D eigenvalue weighted by atomic mass is 10.1. The fourth-order valence-electron chi connectivity index (χ4n) is 1.75. The van der Waals surface area contributed by atoms with E-state index in [0.717, 1.165) is 37.8 Å². The number of ketones is 1. The minimum absolute atomic E-state index is 0.193. The molecule has 0 saturated heterocycles. The average Bonchev–Trinajstić information content (AvgIpc) is 2.40. The van der Waals surface area contributed by atoms with E-state index >= 15 is 0 Å². The molecule has 2 N–H and O–H groups in total. The monoisotopic (exact) mass is 249 g/mol. The van der Waals surface area contributed by atoms with Crippen LogP contribution in [0.1, 0.15) is 37.7 Å². The largest absolute Gasteiger partial charge is 0.369 e. The molecule has 18 heavy (non-hydrogen) atoms. The quantitative estimate of drug-likeness (QED) is 0.649. The highest BCUT2D eigenvalue weighted by Crippen LogP contribution is 2.04. The van der Waals surface area contributed by atoms with Gasteiger partial charge in [0, 0.05) is 6.42 Å². The topological polar surface area (TPSA) is 52.3 Å². The minimum Gasteiger partial charge on any atom is -0.369 e. The number of carbonyl (C=O) groups is 1. The number of hydrogen-bond donors (Lipinski definition) is 1. The van der Waals surface area contributed by atoms with E-state index in [1.54, 1.807) is 0 Å². The average molecular weight is 249 g/mol. The van der Waals surface area contributed by atoms with Crippen LogP contribution in [-0.4, -0.2) is 18.9 Å². The first-order valence-corrected chi connectivity index (χ1v) is 6.66. The summed E-state index contributed by atoms with van der Waals surface area (Å²) in [5, 5.41) is 0. The van der Waals surface area contributed by atoms with Crippen molar-refractivity contribution in [2.75, 3.05) is 13.2 Å². The molecule has 0 spiro atoms. The van der Waals surface area contributed by atoms with Gasteiger partial charge in [-0.1, -0.05) is 43.2 Å². The van der Waals surface area contributed by atoms with E-state index < -0.39 is 0 Å². The number of nitrogens with two attached hydrogens (primary N) is 1. The second kappa shape index (κ2) is 9.80. The van der Waals surface area contributed by atoms with Crippen LogP contribution in [0.3, 0.4) is 0 Å². The van der Waals surface area contributed by atoms with Crippen LogP contribution in [0.4, 0.5) is 0 Å². The first-order valence-electron chi connectivity index (χ1n) is 6.66. The molecule has 0 heterocycles. The smallest absolute Gasteiger partial charge is 0.158 e. The fourth-order valence-corrected chi connectivity index (χ4v) is 1.75. The van der Waals surface area contributed by atoms with Crippen LogP contribution >= 0.6 is 0 Å². The van der Waals surface area contributed by atoms with Gasteiger partial charge in [0.2, 0.25) is 0 Å². The highest BCUT2D eigenvalue weighted by atomic mass is 16.5. The summed E-state index contributed by atoms with van der Waals surface area (Å²) in [6.45, 7) is 1.49. The number of benzene rings is 1. The van der Waals surface area contributed by atoms with Gasteiger partial charge in [0.15, 0.2) is 5.78 Å². The van der Waals surface area contributed by atoms with Gasteiger partial charge >= 0.3 is 0 Å². The number of unbranched alkanes of at least 4 members (excludes halogenated alkanes) is 3. The first-order chi connectivity index (χ1) is 8.83. The Kier molecular flexibility index (Phi) is 8.10. The van der Waals surface area contributed by atoms with E-state index in [-0.39, 0.29) is 12.4 Å². The Morgan fingerprint density at radius 1 is 1.06 bits per heavy atom. The maximum atomic E-state index is 11.5. The van der Waals surface area contributed by atoms with Crippen molar-refractivity contribution >= 4 is 5.78 Å². The number of rotatable bonds is 10. The van der Waals surface area contributed by atoms with E-state index in [2.05, 4.69) is 0 Å². The molecule has 0 bridgehead atoms. The Bertz CT molecular complexity index is 325. The van der Waals surface area contributed by atoms with Crippen molar-refractivity contribution in [3.63, 3.8) is 0 Å². The number of hydrogen-bond acceptors (Lipinski definition) is 3. The van der Waals surface area contributed by atoms with Crippen molar-refractivity contribution in [2.45, 2.75) is 38.7 Å². The van der Waals surface area contributed by atoms with Gasteiger partial charge in [-0.3, -0.25) is 4.79 Å². The molecule has 3 nitrogen and oxygen atoms in total. The molecule has 0 saturated carbocycles. The minimum atomic E-state index is 0.193. The summed E-state index contributed by atoms with van der Waals surface area (Å²) >= 11 is 0. The van der Waals surface area contributed by atoms with Crippen molar-refractivity contribution < 1.29 is 9.53 Å². The summed E-state index contributed by atoms with van der Waals surface area (Å²) < 4.78 is 5.39. The fraction of sp³-hybridized carbons (Fsp3) is 0.533. The van der Waals surface area contributed by atoms with Gasteiger partial charge in [-0.2, -0.15) is 0 Å². The summed E-state index contributed by atoms with van der Waals surface area (Å²) in [5.41, 5.74) is 6.51. The molecule has 0 fully saturated rings. The summed E-state index contributed by atoms with van der Waals surface area (Å²) in [5.74, 6) is 0.193. The second-order valence-electron chi connectivity index (χ2n) is 4.47. The summed E-state index contributed by atoms with van der Waals surface area (Å²) in [6.07, 6.45) is 4.84. The summed E-state index contributed by atoms with van der Waals surface area (Å²) in [6, 6.07) is 9.90. The SMILES string of the molecule is NCCCCCCC(=O)COCc1ccccc1. The van der Waals surface area contributed by atoms with Gasteiger partial charge in [0.1, 0.15) is 6.61 Å². The van der Waals surface area contributed by atoms with Crippen molar-refractivity contribution in [1.29, 1.82) is 0 Å². The Morgan fingerprint density at radius 2 is 1.78 bits per heavy atom. The number of Topliss-reactive ketones (excluding diaryl/α,β-unsaturated/α-hetero) is 1. The van der Waals surface area contributed by atoms with Gasteiger partial charge in [-0.15, -0.1) is 0 Å². The molecular weight excluding hydrogens is 226 g/mol. The van der Waals surface area contributed by atoms with E-state index in [1.807, 2.05) is 30.3 Å². The molecule has 1 aromatic carbocycles. The van der Waals surface area contributed by atoms with Crippen LogP contribution < -0.4 is 5.73 Å². The molecule has 0 aliphatic rings. The zero-order valence-electron chi connectivity index (χ0n) is 10.9. The van der Waals surface area contributed by atoms with Gasteiger partial charge in [0.05, 0.1) is 6.61 Å². The van der Waals surface area contributed by atoms with Crippen molar-refractivity contribution in [3.8, 4) is 0 Å². The molecule has 0 unspecified atom stereocenters. The maximum Gasteiger partial charge on any atom is 0.158 e. The third kappa shape index (κ3) is 7.20. The molecule has 0 aromatic heterocycles. The van der Waals surface area contributed by atoms with Crippen LogP contribution in [-0.2, 0) is 16.1 Å². The molecule has 0 radical (unpaired) electrons. The second-order valence-corrected chi connectivity index (χ2v) is 4.47. The number of carbonyl (C=O) groups excluding carboxylic acids is 1. The Morgan fingerprint density at radius 3 is 2.50 bits per heavy atom. The normalized spacial score (nSPS) is 10.5. The van der Waals surface area contributed by atoms with E-state index in [1.165, 1.54) is 0 Å². The summed E-state index contributed by atoms with van der Waals surface area (Å²) in [4.78, 5) is 11.5. The number of ether oxygens (including phenoxy) is 1. The highest BCUT2D eigenvalue weighted by Gasteiger charge is 2.02. The molecular formula is C15H23NO2. The third-order valence-corrected chi connectivity index (χ3v) is 2.78. The molecule has 0 aliphatic heterocycles. The molecule has 1 rings (SSSR count). The molecule has 0 aliphatic carbocycles. The lowest BCUT2D eigenvalue weighted by molar-refractivity contribution is -0.124. The van der Waals surface area contributed by atoms with Crippen LogP contribution in [0.2, 0.25) is 0 Å². The predicted molar refractivity (Wildman–Crippen MR) is 73.2 cm³/mol. The van der Waals surface area contributed by atoms with Gasteiger partial charge in [-0.25, -0.2) is 0 Å². The van der Waals surface area contributed by atoms with Crippen LogP contribution in [0, 0.1) is 0 Å². The van der Waals surface area contributed by atoms with Gasteiger partial charge in [0.25, 0.3) is 0 Å². The zero-order valence-corrected chi connectivity index (χ0v) is 10.9. The molecule has 0 amide bonds. The van der Waals surface area contributed by atoms with E-state index in [9.17, 15) is 4.79 Å². The Balaban J connectivity index is 2.00. The van der Waals surface area contributed by atoms with Crippen LogP contribution in [0.5, 0.6) is 0 Å². The third-order valence-electron chi connectivity index (χ3n) is 2.78. The first kappa shape index (κ1) is 14.9. The Hall–Kier alpha value is -1.19. The van der Waals surface area contributed by atoms with Gasteiger partial charge < -0.3 is 10.5 Å². The molecule has 3 heteroatoms. The van der Waals surface area contributed by atoms with Gasteiger partial charge in [-0.05, 0) is 24.9 Å². The van der Waals surface area contributed by atoms with Crippen molar-refractivity contribution in [1.82, 2.24) is 0 Å². The predicted octanol–water partition coefficient (Wildman–Crippen LogP) is 2.68. The van der Waals surface area contributed by atoms with E-state index in [0.29, 0.717) is 13.0 Å². The highest BCUT2D eigenvalue weighted by molar-refractivity contribution is 5.79. The lowest BCUT2D eigenvalue weighted by Gasteiger charge is -2.04. The lowest BCUT2D eigenvalue weighted by Crippen LogP contribution is -2.08. The Labute approximate surface area is 109 Å². The van der Waals surface area contributed by atoms with E-state index in [4.69, 9.17) is 10.5 Å². The van der Waals surface area contributed by atoms with Crippen LogP contribution in [0.15, 0.2) is 30.3 Å². The maximum absolute atomic E-state index is 11.5.